The lowest BCUT2D eigenvalue weighted by Crippen LogP contribution is -2.47. The van der Waals surface area contributed by atoms with Crippen LogP contribution in [0.15, 0.2) is 0 Å². The van der Waals surface area contributed by atoms with Gasteiger partial charge in [0.2, 0.25) is 5.91 Å². The topological polar surface area (TPSA) is 55.1 Å². The van der Waals surface area contributed by atoms with Gasteiger partial charge in [0.1, 0.15) is 0 Å². The molecule has 0 bridgehead atoms. The standard InChI is InChI=1S/C12H24N2OS/c1-6-8(2)7-9(3)14-11(15)12(4,5)10(13)16/h8-9H,6-7H2,1-5H3,(H2,13,16)(H,14,15). The third kappa shape index (κ3) is 4.47. The van der Waals surface area contributed by atoms with Crippen molar-refractivity contribution in [3.8, 4) is 0 Å². The van der Waals surface area contributed by atoms with Gasteiger partial charge >= 0.3 is 0 Å². The Morgan fingerprint density at radius 2 is 1.94 bits per heavy atom. The summed E-state index contributed by atoms with van der Waals surface area (Å²) < 4.78 is 0. The van der Waals surface area contributed by atoms with E-state index < -0.39 is 5.41 Å². The van der Waals surface area contributed by atoms with Crippen LogP contribution in [-0.4, -0.2) is 16.9 Å². The second-order valence-electron chi connectivity index (χ2n) is 5.11. The van der Waals surface area contributed by atoms with Gasteiger partial charge in [0, 0.05) is 6.04 Å². The molecular weight excluding hydrogens is 220 g/mol. The van der Waals surface area contributed by atoms with Gasteiger partial charge in [0.25, 0.3) is 0 Å². The molecule has 0 radical (unpaired) electrons. The molecule has 4 heteroatoms. The van der Waals surface area contributed by atoms with Crippen molar-refractivity contribution >= 4 is 23.1 Å². The highest BCUT2D eigenvalue weighted by Gasteiger charge is 2.31. The van der Waals surface area contributed by atoms with E-state index in [-0.39, 0.29) is 16.9 Å². The first-order chi connectivity index (χ1) is 7.21. The Morgan fingerprint density at radius 3 is 2.31 bits per heavy atom. The molecule has 0 aliphatic rings. The maximum atomic E-state index is 11.9. The van der Waals surface area contributed by atoms with Crippen LogP contribution in [0.5, 0.6) is 0 Å². The summed E-state index contributed by atoms with van der Waals surface area (Å²) in [6.07, 6.45) is 2.11. The predicted octanol–water partition coefficient (Wildman–Crippen LogP) is 2.24. The molecule has 3 nitrogen and oxygen atoms in total. The van der Waals surface area contributed by atoms with Gasteiger partial charge < -0.3 is 11.1 Å². The van der Waals surface area contributed by atoms with E-state index in [4.69, 9.17) is 18.0 Å². The molecule has 0 heterocycles. The average molecular weight is 244 g/mol. The minimum atomic E-state index is -0.765. The van der Waals surface area contributed by atoms with E-state index in [1.54, 1.807) is 13.8 Å². The van der Waals surface area contributed by atoms with E-state index in [2.05, 4.69) is 19.2 Å². The summed E-state index contributed by atoms with van der Waals surface area (Å²) in [6.45, 7) is 9.85. The molecule has 0 rings (SSSR count). The first-order valence-corrected chi connectivity index (χ1v) is 6.23. The number of rotatable bonds is 6. The summed E-state index contributed by atoms with van der Waals surface area (Å²) in [7, 11) is 0. The highest BCUT2D eigenvalue weighted by Crippen LogP contribution is 2.17. The third-order valence-electron chi connectivity index (χ3n) is 3.01. The normalized spacial score (nSPS) is 15.3. The molecule has 3 N–H and O–H groups in total. The van der Waals surface area contributed by atoms with Gasteiger partial charge in [0.15, 0.2) is 0 Å². The maximum Gasteiger partial charge on any atom is 0.232 e. The summed E-state index contributed by atoms with van der Waals surface area (Å²) in [5.41, 5.74) is 4.78. The van der Waals surface area contributed by atoms with Crippen LogP contribution in [0.4, 0.5) is 0 Å². The number of carbonyl (C=O) groups is 1. The number of hydrogen-bond donors (Lipinski definition) is 2. The van der Waals surface area contributed by atoms with Gasteiger partial charge in [-0.05, 0) is 33.1 Å². The summed E-state index contributed by atoms with van der Waals surface area (Å²) in [6, 6.07) is 0.163. The SMILES string of the molecule is CCC(C)CC(C)NC(=O)C(C)(C)C(N)=S. The Kier molecular flexibility index (Phi) is 5.94. The molecule has 0 aromatic carbocycles. The van der Waals surface area contributed by atoms with Gasteiger partial charge in [-0.3, -0.25) is 4.79 Å². The van der Waals surface area contributed by atoms with Crippen molar-refractivity contribution in [3.63, 3.8) is 0 Å². The fourth-order valence-corrected chi connectivity index (χ4v) is 1.44. The quantitative estimate of drug-likeness (QED) is 0.705. The second kappa shape index (κ2) is 6.18. The van der Waals surface area contributed by atoms with Crippen molar-refractivity contribution in [2.24, 2.45) is 17.1 Å². The summed E-state index contributed by atoms with van der Waals surface area (Å²) in [4.78, 5) is 12.1. The molecular formula is C12H24N2OS. The van der Waals surface area contributed by atoms with E-state index in [1.165, 1.54) is 0 Å². The van der Waals surface area contributed by atoms with Crippen LogP contribution in [0.3, 0.4) is 0 Å². The first kappa shape index (κ1) is 15.4. The molecule has 0 aliphatic carbocycles. The Balaban J connectivity index is 4.30. The van der Waals surface area contributed by atoms with Crippen LogP contribution in [0.1, 0.15) is 47.5 Å². The van der Waals surface area contributed by atoms with Gasteiger partial charge in [-0.15, -0.1) is 0 Å². The lowest BCUT2D eigenvalue weighted by molar-refractivity contribution is -0.126. The molecule has 1 amide bonds. The average Bonchev–Trinajstić information content (AvgIpc) is 2.16. The summed E-state index contributed by atoms with van der Waals surface area (Å²) >= 11 is 4.89. The van der Waals surface area contributed by atoms with Crippen molar-refractivity contribution in [2.45, 2.75) is 53.5 Å². The Morgan fingerprint density at radius 1 is 1.44 bits per heavy atom. The van der Waals surface area contributed by atoms with Crippen molar-refractivity contribution < 1.29 is 4.79 Å². The van der Waals surface area contributed by atoms with Crippen LogP contribution in [0.2, 0.25) is 0 Å². The highest BCUT2D eigenvalue weighted by molar-refractivity contribution is 7.80. The van der Waals surface area contributed by atoms with E-state index in [1.807, 2.05) is 6.92 Å². The maximum absolute atomic E-state index is 11.9. The minimum absolute atomic E-state index is 0.0872. The minimum Gasteiger partial charge on any atom is -0.392 e. The van der Waals surface area contributed by atoms with E-state index >= 15 is 0 Å². The van der Waals surface area contributed by atoms with Crippen LogP contribution in [0.25, 0.3) is 0 Å². The molecule has 0 aromatic heterocycles. The van der Waals surface area contributed by atoms with Crippen LogP contribution in [0, 0.1) is 11.3 Å². The van der Waals surface area contributed by atoms with Crippen molar-refractivity contribution in [2.75, 3.05) is 0 Å². The van der Waals surface area contributed by atoms with Crippen LogP contribution >= 0.6 is 12.2 Å². The zero-order valence-corrected chi connectivity index (χ0v) is 11.8. The molecule has 0 saturated heterocycles. The van der Waals surface area contributed by atoms with E-state index in [0.29, 0.717) is 5.92 Å². The molecule has 94 valence electrons. The van der Waals surface area contributed by atoms with Gasteiger partial charge in [-0.1, -0.05) is 32.5 Å². The second-order valence-corrected chi connectivity index (χ2v) is 5.55. The summed E-state index contributed by atoms with van der Waals surface area (Å²) in [5, 5.41) is 2.96. The number of thiocarbonyl (C=S) groups is 1. The van der Waals surface area contributed by atoms with Crippen molar-refractivity contribution in [1.29, 1.82) is 0 Å². The first-order valence-electron chi connectivity index (χ1n) is 5.82. The highest BCUT2D eigenvalue weighted by atomic mass is 32.1. The molecule has 0 aliphatic heterocycles. The van der Waals surface area contributed by atoms with E-state index in [9.17, 15) is 4.79 Å². The molecule has 2 atom stereocenters. The van der Waals surface area contributed by atoms with Crippen LogP contribution in [-0.2, 0) is 4.79 Å². The molecule has 0 aromatic rings. The number of nitrogens with one attached hydrogen (secondary N) is 1. The Bertz CT molecular complexity index is 264. The molecule has 0 spiro atoms. The predicted molar refractivity (Wildman–Crippen MR) is 72.2 cm³/mol. The van der Waals surface area contributed by atoms with Gasteiger partial charge in [-0.2, -0.15) is 0 Å². The Labute approximate surface area is 104 Å². The van der Waals surface area contributed by atoms with Crippen molar-refractivity contribution in [3.05, 3.63) is 0 Å². The monoisotopic (exact) mass is 244 g/mol. The lowest BCUT2D eigenvalue weighted by atomic mass is 9.91. The molecule has 0 saturated carbocycles. The van der Waals surface area contributed by atoms with E-state index in [0.717, 1.165) is 12.8 Å². The zero-order valence-electron chi connectivity index (χ0n) is 11.0. The lowest BCUT2D eigenvalue weighted by Gasteiger charge is -2.25. The number of hydrogen-bond acceptors (Lipinski definition) is 2. The fourth-order valence-electron chi connectivity index (χ4n) is 1.35. The smallest absolute Gasteiger partial charge is 0.232 e. The van der Waals surface area contributed by atoms with Crippen LogP contribution < -0.4 is 11.1 Å². The van der Waals surface area contributed by atoms with Gasteiger partial charge in [-0.25, -0.2) is 0 Å². The largest absolute Gasteiger partial charge is 0.392 e. The number of carbonyl (C=O) groups excluding carboxylic acids is 1. The fraction of sp³-hybridized carbons (Fsp3) is 0.833. The Hall–Kier alpha value is -0.640. The van der Waals surface area contributed by atoms with Gasteiger partial charge in [0.05, 0.1) is 10.4 Å². The number of amides is 1. The van der Waals surface area contributed by atoms with Crippen molar-refractivity contribution in [1.82, 2.24) is 5.32 Å². The molecule has 16 heavy (non-hydrogen) atoms. The zero-order chi connectivity index (χ0) is 12.9. The molecule has 0 fully saturated rings. The summed E-state index contributed by atoms with van der Waals surface area (Å²) in [5.74, 6) is 0.527. The molecule has 2 unspecified atom stereocenters. The number of nitrogens with two attached hydrogens (primary N) is 1. The third-order valence-corrected chi connectivity index (χ3v) is 3.52.